The van der Waals surface area contributed by atoms with Gasteiger partial charge in [0.15, 0.2) is 0 Å². The molecule has 0 saturated heterocycles. The number of para-hydroxylation sites is 1. The first-order valence-electron chi connectivity index (χ1n) is 13.7. The molecule has 0 amide bonds. The fourth-order valence-electron chi connectivity index (χ4n) is 5.86. The smallest absolute Gasteiger partial charge is 0.310 e. The van der Waals surface area contributed by atoms with Crippen LogP contribution in [0.25, 0.3) is 0 Å². The van der Waals surface area contributed by atoms with Crippen LogP contribution in [0.2, 0.25) is 0 Å². The highest BCUT2D eigenvalue weighted by atomic mass is 16.4. The minimum atomic E-state index is -1.07. The molecule has 0 aromatic heterocycles. The number of carboxylic acid groups (broad SMARTS) is 1. The first-order chi connectivity index (χ1) is 18.4. The summed E-state index contributed by atoms with van der Waals surface area (Å²) in [5.41, 5.74) is 14.5. The van der Waals surface area contributed by atoms with E-state index in [1.165, 1.54) is 27.4 Å². The van der Waals surface area contributed by atoms with Gasteiger partial charge in [0.1, 0.15) is 0 Å². The summed E-state index contributed by atoms with van der Waals surface area (Å²) in [6.45, 7) is 14.5. The summed E-state index contributed by atoms with van der Waals surface area (Å²) in [6.07, 6.45) is 0. The number of benzene rings is 3. The minimum Gasteiger partial charge on any atom is -0.481 e. The first kappa shape index (κ1) is 28.5. The summed E-state index contributed by atoms with van der Waals surface area (Å²) in [5.74, 6) is 4.75. The molecule has 0 aliphatic carbocycles. The summed E-state index contributed by atoms with van der Waals surface area (Å²) in [6, 6.07) is 18.9. The lowest BCUT2D eigenvalue weighted by Crippen LogP contribution is -2.33. The summed E-state index contributed by atoms with van der Waals surface area (Å²) in [5, 5.41) is 11.8. The molecule has 1 atom stereocenters. The van der Waals surface area contributed by atoms with Gasteiger partial charge in [-0.25, -0.2) is 5.84 Å². The first-order valence-corrected chi connectivity index (χ1v) is 13.7. The lowest BCUT2D eigenvalue weighted by molar-refractivity contribution is -0.147. The number of hydrogen-bond acceptors (Lipinski definition) is 6. The lowest BCUT2D eigenvalue weighted by Gasteiger charge is -2.34. The molecule has 0 saturated carbocycles. The summed E-state index contributed by atoms with van der Waals surface area (Å²) >= 11 is 0. The Morgan fingerprint density at radius 3 is 2.49 bits per heavy atom. The summed E-state index contributed by atoms with van der Waals surface area (Å²) in [7, 11) is 1.75. The molecular formula is C32H43N5O2. The molecule has 1 heterocycles. The number of nitrogens with two attached hydrogens (primary N) is 2. The van der Waals surface area contributed by atoms with E-state index >= 15 is 0 Å². The van der Waals surface area contributed by atoms with Crippen molar-refractivity contribution in [3.63, 3.8) is 0 Å². The maximum Gasteiger partial charge on any atom is 0.310 e. The number of anilines is 3. The largest absolute Gasteiger partial charge is 0.481 e. The molecular weight excluding hydrogens is 486 g/mol. The Morgan fingerprint density at radius 2 is 1.82 bits per heavy atom. The highest BCUT2D eigenvalue weighted by Gasteiger charge is 2.40. The van der Waals surface area contributed by atoms with Gasteiger partial charge in [-0.2, -0.15) is 0 Å². The maximum absolute atomic E-state index is 12.6. The van der Waals surface area contributed by atoms with Crippen molar-refractivity contribution in [2.75, 3.05) is 42.3 Å². The SMILES string of the molecule is CCN1CCN(Cc2cc(C(c3ccc(N(C)N)c(N)c3C)C(C)(C)C(=O)O)ccc2C)Cc2ccccc21. The van der Waals surface area contributed by atoms with Gasteiger partial charge in [-0.1, -0.05) is 42.5 Å². The zero-order valence-corrected chi connectivity index (χ0v) is 24.2. The number of likely N-dealkylation sites (N-methyl/N-ethyl adjacent to an activating group) is 1. The number of hydrazine groups is 1. The average Bonchev–Trinajstić information content (AvgIpc) is 3.07. The molecule has 208 valence electrons. The Kier molecular flexibility index (Phi) is 8.23. The molecule has 1 aliphatic heterocycles. The standard InChI is InChI=1S/C32H43N5O2/c1-7-37-17-16-36(19-24-10-8-9-11-27(24)37)20-25-18-23(13-12-21(25)2)29(32(4,5)31(38)39)26-14-15-28(35(6)34)30(33)22(26)3/h8-15,18,29H,7,16-17,19-20,33-34H2,1-6H3,(H,38,39). The molecule has 0 radical (unpaired) electrons. The molecule has 1 aliphatic rings. The third-order valence-corrected chi connectivity index (χ3v) is 8.39. The van der Waals surface area contributed by atoms with Crippen LogP contribution in [-0.4, -0.2) is 42.7 Å². The van der Waals surface area contributed by atoms with Gasteiger partial charge < -0.3 is 20.7 Å². The second-order valence-corrected chi connectivity index (χ2v) is 11.4. The number of aryl methyl sites for hydroxylation is 1. The van der Waals surface area contributed by atoms with E-state index in [1.54, 1.807) is 20.9 Å². The molecule has 7 nitrogen and oxygen atoms in total. The number of rotatable bonds is 8. The summed E-state index contributed by atoms with van der Waals surface area (Å²) in [4.78, 5) is 17.5. The van der Waals surface area contributed by atoms with E-state index < -0.39 is 17.3 Å². The number of fused-ring (bicyclic) bond motifs is 1. The van der Waals surface area contributed by atoms with Crippen molar-refractivity contribution >= 4 is 23.0 Å². The Bertz CT molecular complexity index is 1350. The number of nitrogens with zero attached hydrogens (tertiary/aromatic N) is 3. The molecule has 39 heavy (non-hydrogen) atoms. The van der Waals surface area contributed by atoms with Crippen LogP contribution in [0.5, 0.6) is 0 Å². The van der Waals surface area contributed by atoms with E-state index in [2.05, 4.69) is 66.1 Å². The fourth-order valence-corrected chi connectivity index (χ4v) is 5.86. The van der Waals surface area contributed by atoms with Crippen molar-refractivity contribution in [2.45, 2.75) is 53.6 Å². The van der Waals surface area contributed by atoms with E-state index in [9.17, 15) is 9.90 Å². The van der Waals surface area contributed by atoms with Gasteiger partial charge in [0.2, 0.25) is 0 Å². The Hall–Kier alpha value is -3.55. The predicted molar refractivity (Wildman–Crippen MR) is 161 cm³/mol. The van der Waals surface area contributed by atoms with Crippen molar-refractivity contribution < 1.29 is 9.90 Å². The highest BCUT2D eigenvalue weighted by molar-refractivity contribution is 5.78. The third-order valence-electron chi connectivity index (χ3n) is 8.39. The Morgan fingerprint density at radius 1 is 1.10 bits per heavy atom. The number of aliphatic carboxylic acids is 1. The van der Waals surface area contributed by atoms with E-state index in [-0.39, 0.29) is 0 Å². The number of carbonyl (C=O) groups is 1. The van der Waals surface area contributed by atoms with Crippen LogP contribution in [0.3, 0.4) is 0 Å². The molecule has 5 N–H and O–H groups in total. The molecule has 1 unspecified atom stereocenters. The molecule has 3 aromatic rings. The monoisotopic (exact) mass is 529 g/mol. The minimum absolute atomic E-state index is 0.394. The van der Waals surface area contributed by atoms with E-state index in [4.69, 9.17) is 11.6 Å². The topological polar surface area (TPSA) is 99.1 Å². The molecule has 3 aromatic carbocycles. The molecule has 7 heteroatoms. The average molecular weight is 530 g/mol. The van der Waals surface area contributed by atoms with Crippen molar-refractivity contribution in [2.24, 2.45) is 11.3 Å². The van der Waals surface area contributed by atoms with Crippen LogP contribution in [-0.2, 0) is 17.9 Å². The lowest BCUT2D eigenvalue weighted by atomic mass is 9.69. The zero-order valence-electron chi connectivity index (χ0n) is 24.2. The third kappa shape index (κ3) is 5.60. The van der Waals surface area contributed by atoms with Gasteiger partial charge in [0.05, 0.1) is 16.8 Å². The van der Waals surface area contributed by atoms with Crippen LogP contribution in [0.4, 0.5) is 17.1 Å². The van der Waals surface area contributed by atoms with Crippen LogP contribution in [0.1, 0.15) is 60.1 Å². The molecule has 0 fully saturated rings. The maximum atomic E-state index is 12.6. The van der Waals surface area contributed by atoms with Gasteiger partial charge in [0, 0.05) is 51.4 Å². The van der Waals surface area contributed by atoms with Gasteiger partial charge in [-0.3, -0.25) is 9.69 Å². The van der Waals surface area contributed by atoms with Gasteiger partial charge >= 0.3 is 5.97 Å². The van der Waals surface area contributed by atoms with E-state index in [0.717, 1.165) is 55.1 Å². The quantitative estimate of drug-likeness (QED) is 0.207. The fraction of sp³-hybridized carbons (Fsp3) is 0.406. The van der Waals surface area contributed by atoms with Gasteiger partial charge in [-0.05, 0) is 80.1 Å². The number of nitrogen functional groups attached to an aromatic ring is 1. The molecule has 0 spiro atoms. The normalized spacial score (nSPS) is 15.0. The summed E-state index contributed by atoms with van der Waals surface area (Å²) < 4.78 is 0. The van der Waals surface area contributed by atoms with Gasteiger partial charge in [-0.15, -0.1) is 0 Å². The van der Waals surface area contributed by atoms with Crippen LogP contribution in [0, 0.1) is 19.3 Å². The van der Waals surface area contributed by atoms with Gasteiger partial charge in [0.25, 0.3) is 0 Å². The van der Waals surface area contributed by atoms with Crippen LogP contribution < -0.4 is 21.5 Å². The van der Waals surface area contributed by atoms with Crippen LogP contribution in [0.15, 0.2) is 54.6 Å². The highest BCUT2D eigenvalue weighted by Crippen LogP contribution is 2.45. The Labute approximate surface area is 233 Å². The molecule has 4 rings (SSSR count). The number of carboxylic acids is 1. The second-order valence-electron chi connectivity index (χ2n) is 11.4. The van der Waals surface area contributed by atoms with Crippen molar-refractivity contribution in [3.8, 4) is 0 Å². The second kappa shape index (κ2) is 11.3. The van der Waals surface area contributed by atoms with Crippen molar-refractivity contribution in [1.82, 2.24) is 4.90 Å². The predicted octanol–water partition coefficient (Wildman–Crippen LogP) is 5.28. The van der Waals surface area contributed by atoms with Crippen LogP contribution >= 0.6 is 0 Å². The van der Waals surface area contributed by atoms with E-state index in [1.807, 2.05) is 19.1 Å². The number of hydrogen-bond donors (Lipinski definition) is 3. The molecule has 0 bridgehead atoms. The zero-order chi connectivity index (χ0) is 28.5. The van der Waals surface area contributed by atoms with Crippen molar-refractivity contribution in [3.05, 3.63) is 88.0 Å². The van der Waals surface area contributed by atoms with E-state index in [0.29, 0.717) is 5.69 Å². The Balaban J connectivity index is 1.75. The van der Waals surface area contributed by atoms with Crippen molar-refractivity contribution in [1.29, 1.82) is 0 Å².